The van der Waals surface area contributed by atoms with Crippen LogP contribution in [0.15, 0.2) is 33.9 Å². The average molecular weight is 413 g/mol. The van der Waals surface area contributed by atoms with Gasteiger partial charge < -0.3 is 16.0 Å². The Morgan fingerprint density at radius 3 is 2.67 bits per heavy atom. The van der Waals surface area contributed by atoms with Gasteiger partial charge in [0.1, 0.15) is 5.82 Å². The molecule has 1 saturated carbocycles. The van der Waals surface area contributed by atoms with Crippen molar-refractivity contribution >= 4 is 29.0 Å². The lowest BCUT2D eigenvalue weighted by Gasteiger charge is -2.20. The molecule has 3 rings (SSSR count). The van der Waals surface area contributed by atoms with Crippen LogP contribution in [0.3, 0.4) is 0 Å². The highest BCUT2D eigenvalue weighted by molar-refractivity contribution is 6.07. The van der Waals surface area contributed by atoms with Gasteiger partial charge in [0.25, 0.3) is 11.5 Å². The van der Waals surface area contributed by atoms with Crippen LogP contribution in [0.4, 0.5) is 17.2 Å². The summed E-state index contributed by atoms with van der Waals surface area (Å²) in [6, 6.07) is 6.50. The lowest BCUT2D eigenvalue weighted by Crippen LogP contribution is -2.39. The second-order valence-electron chi connectivity index (χ2n) is 7.75. The number of rotatable bonds is 7. The third-order valence-electron chi connectivity index (χ3n) is 5.41. The smallest absolute Gasteiger partial charge is 0.330 e. The first-order valence-corrected chi connectivity index (χ1v) is 10.1. The Labute approximate surface area is 173 Å². The van der Waals surface area contributed by atoms with Crippen LogP contribution in [0.1, 0.15) is 43.5 Å². The van der Waals surface area contributed by atoms with E-state index in [1.807, 2.05) is 13.8 Å². The largest absolute Gasteiger partial charge is 0.383 e. The zero-order valence-electron chi connectivity index (χ0n) is 17.4. The van der Waals surface area contributed by atoms with E-state index in [1.54, 1.807) is 24.3 Å². The van der Waals surface area contributed by atoms with Crippen LogP contribution >= 0.6 is 0 Å². The number of nitrogens with one attached hydrogen (secondary N) is 2. The topological polar surface area (TPSA) is 130 Å². The van der Waals surface area contributed by atoms with Gasteiger partial charge in [-0.15, -0.1) is 0 Å². The predicted molar refractivity (Wildman–Crippen MR) is 116 cm³/mol. The first-order valence-electron chi connectivity index (χ1n) is 10.1. The molecule has 0 aliphatic heterocycles. The van der Waals surface area contributed by atoms with Crippen molar-refractivity contribution in [2.45, 2.75) is 39.7 Å². The van der Waals surface area contributed by atoms with Gasteiger partial charge in [-0.25, -0.2) is 4.79 Å². The van der Waals surface area contributed by atoms with Crippen molar-refractivity contribution in [3.63, 3.8) is 0 Å². The van der Waals surface area contributed by atoms with E-state index in [2.05, 4.69) is 10.3 Å². The van der Waals surface area contributed by atoms with Gasteiger partial charge >= 0.3 is 5.69 Å². The normalized spacial score (nSPS) is 17.4. The van der Waals surface area contributed by atoms with Crippen LogP contribution in [0, 0.1) is 11.8 Å². The number of anilines is 3. The minimum Gasteiger partial charge on any atom is -0.383 e. The molecule has 1 aliphatic carbocycles. The van der Waals surface area contributed by atoms with Crippen molar-refractivity contribution in [1.29, 1.82) is 0 Å². The number of aromatic amines is 1. The van der Waals surface area contributed by atoms with E-state index in [9.17, 15) is 19.2 Å². The van der Waals surface area contributed by atoms with E-state index in [0.717, 1.165) is 17.7 Å². The summed E-state index contributed by atoms with van der Waals surface area (Å²) in [5.74, 6) is -0.221. The highest BCUT2D eigenvalue weighted by Gasteiger charge is 2.39. The molecule has 2 atom stereocenters. The van der Waals surface area contributed by atoms with E-state index in [4.69, 9.17) is 5.73 Å². The molecular weight excluding hydrogens is 386 g/mol. The number of hydrogen-bond acceptors (Lipinski definition) is 5. The lowest BCUT2D eigenvalue weighted by atomic mass is 10.1. The van der Waals surface area contributed by atoms with Gasteiger partial charge in [0.05, 0.1) is 0 Å². The number of amides is 2. The molecule has 0 bridgehead atoms. The van der Waals surface area contributed by atoms with E-state index in [0.29, 0.717) is 24.6 Å². The summed E-state index contributed by atoms with van der Waals surface area (Å²) < 4.78 is 1.26. The van der Waals surface area contributed by atoms with E-state index in [-0.39, 0.29) is 28.9 Å². The maximum absolute atomic E-state index is 13.0. The molecule has 0 saturated heterocycles. The van der Waals surface area contributed by atoms with Gasteiger partial charge in [0.15, 0.2) is 5.69 Å². The molecule has 1 aromatic heterocycles. The predicted octanol–water partition coefficient (Wildman–Crippen LogP) is 1.79. The van der Waals surface area contributed by atoms with Gasteiger partial charge in [0.2, 0.25) is 5.91 Å². The molecule has 1 fully saturated rings. The first-order chi connectivity index (χ1) is 14.2. The third kappa shape index (κ3) is 4.29. The fraction of sp³-hybridized carbons (Fsp3) is 0.429. The molecule has 1 heterocycles. The number of benzene rings is 1. The molecule has 9 heteroatoms. The van der Waals surface area contributed by atoms with Gasteiger partial charge in [-0.2, -0.15) is 0 Å². The van der Waals surface area contributed by atoms with Crippen LogP contribution in [0.2, 0.25) is 0 Å². The first kappa shape index (κ1) is 21.4. The average Bonchev–Trinajstić information content (AvgIpc) is 3.44. The second kappa shape index (κ2) is 8.56. The van der Waals surface area contributed by atoms with Crippen molar-refractivity contribution in [1.82, 2.24) is 9.55 Å². The number of H-pyrrole nitrogens is 1. The number of unbranched alkanes of at least 4 members (excludes halogenated alkanes) is 1. The number of nitrogen functional groups attached to an aromatic ring is 1. The Hall–Kier alpha value is -3.36. The molecular formula is C21H27N5O4. The van der Waals surface area contributed by atoms with Crippen molar-refractivity contribution < 1.29 is 9.59 Å². The zero-order chi connectivity index (χ0) is 22.0. The van der Waals surface area contributed by atoms with E-state index < -0.39 is 17.2 Å². The molecule has 4 N–H and O–H groups in total. The number of nitrogens with zero attached hydrogens (tertiary/aromatic N) is 2. The second-order valence-corrected chi connectivity index (χ2v) is 7.75. The van der Waals surface area contributed by atoms with Gasteiger partial charge in [-0.05, 0) is 37.0 Å². The molecule has 30 heavy (non-hydrogen) atoms. The summed E-state index contributed by atoms with van der Waals surface area (Å²) in [5.41, 5.74) is 5.46. The maximum atomic E-state index is 13.0. The maximum Gasteiger partial charge on any atom is 0.330 e. The summed E-state index contributed by atoms with van der Waals surface area (Å²) in [6.07, 6.45) is 2.41. The number of carbonyl (C=O) groups is 2. The number of nitrogens with two attached hydrogens (primary N) is 1. The number of aromatic nitrogens is 2. The minimum absolute atomic E-state index is 0.00885. The van der Waals surface area contributed by atoms with Crippen LogP contribution < -0.4 is 27.2 Å². The van der Waals surface area contributed by atoms with Gasteiger partial charge in [-0.3, -0.25) is 23.9 Å². The Kier molecular flexibility index (Phi) is 6.09. The molecule has 2 amide bonds. The molecule has 0 radical (unpaired) electrons. The van der Waals surface area contributed by atoms with Crippen LogP contribution in [0.25, 0.3) is 0 Å². The summed E-state index contributed by atoms with van der Waals surface area (Å²) >= 11 is 0. The summed E-state index contributed by atoms with van der Waals surface area (Å²) in [7, 11) is 1.43. The van der Waals surface area contributed by atoms with Crippen molar-refractivity contribution in [3.8, 4) is 0 Å². The fourth-order valence-corrected chi connectivity index (χ4v) is 3.39. The van der Waals surface area contributed by atoms with Crippen molar-refractivity contribution in [2.75, 3.05) is 23.0 Å². The lowest BCUT2D eigenvalue weighted by molar-refractivity contribution is -0.117. The van der Waals surface area contributed by atoms with Crippen LogP contribution in [-0.4, -0.2) is 28.4 Å². The minimum atomic E-state index is -0.728. The van der Waals surface area contributed by atoms with Crippen molar-refractivity contribution in [3.05, 3.63) is 50.7 Å². The molecule has 0 spiro atoms. The number of hydrogen-bond donors (Lipinski definition) is 3. The standard InChI is InChI=1S/C21H27N5O4/c1-4-5-9-26-17(22)16(19(28)24-21(26)30)25(3)20(29)13-7-6-8-14(11-13)23-18(27)15-10-12(15)2/h6-8,11-12,15H,4-5,9-10,22H2,1-3H3,(H,23,27)(H,24,28,30). The Morgan fingerprint density at radius 2 is 2.03 bits per heavy atom. The summed E-state index contributed by atoms with van der Waals surface area (Å²) in [6.45, 7) is 4.33. The Balaban J connectivity index is 1.87. The Bertz CT molecular complexity index is 1090. The molecule has 1 aromatic carbocycles. The molecule has 160 valence electrons. The molecule has 1 aliphatic rings. The van der Waals surface area contributed by atoms with E-state index in [1.165, 1.54) is 11.6 Å². The third-order valence-corrected chi connectivity index (χ3v) is 5.41. The van der Waals surface area contributed by atoms with Crippen molar-refractivity contribution in [2.24, 2.45) is 11.8 Å². The highest BCUT2D eigenvalue weighted by atomic mass is 16.2. The summed E-state index contributed by atoms with van der Waals surface area (Å²) in [5, 5.41) is 2.82. The van der Waals surface area contributed by atoms with Gasteiger partial charge in [0, 0.05) is 30.8 Å². The van der Waals surface area contributed by atoms with Gasteiger partial charge in [-0.1, -0.05) is 26.3 Å². The quantitative estimate of drug-likeness (QED) is 0.637. The number of carbonyl (C=O) groups excluding carboxylic acids is 2. The zero-order valence-corrected chi connectivity index (χ0v) is 17.4. The summed E-state index contributed by atoms with van der Waals surface area (Å²) in [4.78, 5) is 53.0. The SMILES string of the molecule is CCCCn1c(N)c(N(C)C(=O)c2cccc(NC(=O)C3CC3C)c2)c(=O)[nH]c1=O. The highest BCUT2D eigenvalue weighted by Crippen LogP contribution is 2.38. The van der Waals surface area contributed by atoms with E-state index >= 15 is 0 Å². The fourth-order valence-electron chi connectivity index (χ4n) is 3.39. The molecule has 2 aromatic rings. The Morgan fingerprint density at radius 1 is 1.33 bits per heavy atom. The van der Waals surface area contributed by atoms with Crippen LogP contribution in [0.5, 0.6) is 0 Å². The van der Waals surface area contributed by atoms with Crippen LogP contribution in [-0.2, 0) is 11.3 Å². The monoisotopic (exact) mass is 413 g/mol. The molecule has 2 unspecified atom stereocenters. The molecule has 9 nitrogen and oxygen atoms in total.